The van der Waals surface area contributed by atoms with Crippen LogP contribution in [0.5, 0.6) is 11.5 Å². The summed E-state index contributed by atoms with van der Waals surface area (Å²) in [4.78, 5) is 0. The molecule has 0 spiro atoms. The van der Waals surface area contributed by atoms with Gasteiger partial charge in [-0.1, -0.05) is 6.07 Å². The monoisotopic (exact) mass is 280 g/mol. The average Bonchev–Trinajstić information content (AvgIpc) is 2.53. The van der Waals surface area contributed by atoms with Crippen LogP contribution >= 0.6 is 0 Å². The molecular weight excluding hydrogens is 260 g/mol. The lowest BCUT2D eigenvalue weighted by molar-refractivity contribution is 0.00309. The summed E-state index contributed by atoms with van der Waals surface area (Å²) in [6.45, 7) is 4.74. The number of nitrogens with one attached hydrogen (secondary N) is 1. The lowest BCUT2D eigenvalue weighted by Gasteiger charge is -2.28. The zero-order valence-electron chi connectivity index (χ0n) is 11.4. The van der Waals surface area contributed by atoms with Crippen LogP contribution < -0.4 is 14.9 Å². The summed E-state index contributed by atoms with van der Waals surface area (Å²) < 4.78 is 16.3. The molecule has 3 rings (SSSR count). The minimum absolute atomic E-state index is 0.472. The minimum Gasteiger partial charge on any atom is -0.486 e. The molecule has 2 N–H and O–H groups in total. The number of hydrogen-bond acceptors (Lipinski definition) is 6. The summed E-state index contributed by atoms with van der Waals surface area (Å²) in [5.41, 5.74) is 4.06. The Bertz CT molecular complexity index is 449. The van der Waals surface area contributed by atoms with Crippen LogP contribution in [0, 0.1) is 0 Å². The number of fused-ring (bicyclic) bond motifs is 1. The summed E-state index contributed by atoms with van der Waals surface area (Å²) in [6.07, 6.45) is -0.575. The van der Waals surface area contributed by atoms with Crippen LogP contribution in [0.1, 0.15) is 11.7 Å². The number of hydrogen-bond donors (Lipinski definition) is 2. The third-order valence-corrected chi connectivity index (χ3v) is 3.47. The predicted molar refractivity (Wildman–Crippen MR) is 72.8 cm³/mol. The van der Waals surface area contributed by atoms with Crippen molar-refractivity contribution in [3.05, 3.63) is 23.8 Å². The molecule has 0 bridgehead atoms. The molecule has 1 unspecified atom stereocenters. The van der Waals surface area contributed by atoms with Crippen molar-refractivity contribution in [3.63, 3.8) is 0 Å². The van der Waals surface area contributed by atoms with Crippen molar-refractivity contribution >= 4 is 0 Å². The second-order valence-corrected chi connectivity index (χ2v) is 4.88. The number of hydrazine groups is 1. The third-order valence-electron chi connectivity index (χ3n) is 3.47. The van der Waals surface area contributed by atoms with Gasteiger partial charge in [0.15, 0.2) is 11.5 Å². The summed E-state index contributed by atoms with van der Waals surface area (Å²) in [5, 5.41) is 12.3. The molecule has 0 amide bonds. The van der Waals surface area contributed by atoms with E-state index in [0.29, 0.717) is 25.5 Å². The Hall–Kier alpha value is -1.34. The molecule has 1 aromatic carbocycles. The molecule has 6 nitrogen and oxygen atoms in total. The molecule has 2 aliphatic heterocycles. The van der Waals surface area contributed by atoms with Crippen LogP contribution in [0.3, 0.4) is 0 Å². The van der Waals surface area contributed by atoms with Gasteiger partial charge in [0.1, 0.15) is 13.2 Å². The van der Waals surface area contributed by atoms with E-state index in [1.54, 1.807) is 0 Å². The Morgan fingerprint density at radius 2 is 1.85 bits per heavy atom. The maximum absolute atomic E-state index is 10.2. The summed E-state index contributed by atoms with van der Waals surface area (Å²) in [5.74, 6) is 1.45. The lowest BCUT2D eigenvalue weighted by Crippen LogP contribution is -2.47. The molecule has 2 heterocycles. The first-order chi connectivity index (χ1) is 9.83. The number of benzene rings is 1. The van der Waals surface area contributed by atoms with Crippen molar-refractivity contribution in [1.82, 2.24) is 10.4 Å². The van der Waals surface area contributed by atoms with Crippen LogP contribution in [0.4, 0.5) is 0 Å². The Morgan fingerprint density at radius 3 is 2.65 bits per heavy atom. The topological polar surface area (TPSA) is 63.2 Å². The first-order valence-corrected chi connectivity index (χ1v) is 6.97. The van der Waals surface area contributed by atoms with E-state index in [1.807, 2.05) is 18.2 Å². The van der Waals surface area contributed by atoms with Crippen molar-refractivity contribution in [3.8, 4) is 11.5 Å². The molecule has 0 aromatic heterocycles. The van der Waals surface area contributed by atoms with Crippen molar-refractivity contribution in [2.24, 2.45) is 0 Å². The highest BCUT2D eigenvalue weighted by Gasteiger charge is 2.17. The van der Waals surface area contributed by atoms with E-state index in [1.165, 1.54) is 0 Å². The van der Waals surface area contributed by atoms with E-state index >= 15 is 0 Å². The SMILES string of the molecule is OC(CNN1CCOCC1)c1ccc2c(c1)OCCO2. The molecule has 0 saturated carbocycles. The van der Waals surface area contributed by atoms with E-state index in [4.69, 9.17) is 14.2 Å². The minimum atomic E-state index is -0.575. The normalized spacial score (nSPS) is 20.6. The number of morpholine rings is 1. The lowest BCUT2D eigenvalue weighted by atomic mass is 10.1. The Labute approximate surface area is 118 Å². The highest BCUT2D eigenvalue weighted by molar-refractivity contribution is 5.44. The predicted octanol–water partition coefficient (Wildman–Crippen LogP) is 0.328. The zero-order valence-corrected chi connectivity index (χ0v) is 11.4. The maximum Gasteiger partial charge on any atom is 0.161 e. The first kappa shape index (κ1) is 13.6. The largest absolute Gasteiger partial charge is 0.486 e. The second-order valence-electron chi connectivity index (χ2n) is 4.88. The maximum atomic E-state index is 10.2. The second kappa shape index (κ2) is 6.41. The van der Waals surface area contributed by atoms with Crippen LogP contribution in [-0.4, -0.2) is 56.2 Å². The molecule has 0 radical (unpaired) electrons. The van der Waals surface area contributed by atoms with E-state index < -0.39 is 6.10 Å². The smallest absolute Gasteiger partial charge is 0.161 e. The fraction of sp³-hybridized carbons (Fsp3) is 0.571. The Balaban J connectivity index is 1.57. The summed E-state index contributed by atoms with van der Waals surface area (Å²) in [6, 6.07) is 5.57. The molecule has 110 valence electrons. The molecule has 1 aromatic rings. The average molecular weight is 280 g/mol. The van der Waals surface area contributed by atoms with Crippen molar-refractivity contribution in [1.29, 1.82) is 0 Å². The molecule has 1 atom stereocenters. The first-order valence-electron chi connectivity index (χ1n) is 6.97. The van der Waals surface area contributed by atoms with Crippen LogP contribution in [0.15, 0.2) is 18.2 Å². The fourth-order valence-electron chi connectivity index (χ4n) is 2.32. The van der Waals surface area contributed by atoms with Gasteiger partial charge in [0.2, 0.25) is 0 Å². The van der Waals surface area contributed by atoms with Gasteiger partial charge in [-0.3, -0.25) is 5.43 Å². The van der Waals surface area contributed by atoms with Gasteiger partial charge in [-0.15, -0.1) is 0 Å². The van der Waals surface area contributed by atoms with Crippen LogP contribution in [-0.2, 0) is 4.74 Å². The molecular formula is C14H20N2O4. The van der Waals surface area contributed by atoms with E-state index in [0.717, 1.165) is 37.6 Å². The van der Waals surface area contributed by atoms with Gasteiger partial charge in [-0.05, 0) is 17.7 Å². The number of nitrogens with zero attached hydrogens (tertiary/aromatic N) is 1. The van der Waals surface area contributed by atoms with Gasteiger partial charge >= 0.3 is 0 Å². The molecule has 6 heteroatoms. The van der Waals surface area contributed by atoms with E-state index in [-0.39, 0.29) is 0 Å². The van der Waals surface area contributed by atoms with Crippen LogP contribution in [0.25, 0.3) is 0 Å². The number of aliphatic hydroxyl groups excluding tert-OH is 1. The number of ether oxygens (including phenoxy) is 3. The number of aliphatic hydroxyl groups is 1. The highest BCUT2D eigenvalue weighted by atomic mass is 16.6. The molecule has 1 saturated heterocycles. The standard InChI is InChI=1S/C14H20N2O4/c17-12(10-15-16-3-5-18-6-4-16)11-1-2-13-14(9-11)20-8-7-19-13/h1-2,9,12,15,17H,3-8,10H2. The Kier molecular flexibility index (Phi) is 4.37. The van der Waals surface area contributed by atoms with E-state index in [2.05, 4.69) is 10.4 Å². The zero-order chi connectivity index (χ0) is 13.8. The summed E-state index contributed by atoms with van der Waals surface area (Å²) in [7, 11) is 0. The van der Waals surface area contributed by atoms with Crippen LogP contribution in [0.2, 0.25) is 0 Å². The van der Waals surface area contributed by atoms with Gasteiger partial charge < -0.3 is 19.3 Å². The Morgan fingerprint density at radius 1 is 1.10 bits per heavy atom. The van der Waals surface area contributed by atoms with Crippen molar-refractivity contribution in [2.75, 3.05) is 46.1 Å². The fourth-order valence-corrected chi connectivity index (χ4v) is 2.32. The molecule has 1 fully saturated rings. The third kappa shape index (κ3) is 3.21. The van der Waals surface area contributed by atoms with Gasteiger partial charge in [0.05, 0.1) is 19.3 Å². The van der Waals surface area contributed by atoms with Gasteiger partial charge in [-0.2, -0.15) is 0 Å². The van der Waals surface area contributed by atoms with Gasteiger partial charge in [0.25, 0.3) is 0 Å². The highest BCUT2D eigenvalue weighted by Crippen LogP contribution is 2.32. The van der Waals surface area contributed by atoms with Crippen molar-refractivity contribution in [2.45, 2.75) is 6.10 Å². The van der Waals surface area contributed by atoms with Crippen molar-refractivity contribution < 1.29 is 19.3 Å². The molecule has 20 heavy (non-hydrogen) atoms. The molecule has 0 aliphatic carbocycles. The van der Waals surface area contributed by atoms with Gasteiger partial charge in [0, 0.05) is 19.6 Å². The molecule has 2 aliphatic rings. The van der Waals surface area contributed by atoms with E-state index in [9.17, 15) is 5.11 Å². The van der Waals surface area contributed by atoms with Gasteiger partial charge in [-0.25, -0.2) is 5.01 Å². The quantitative estimate of drug-likeness (QED) is 0.828. The summed E-state index contributed by atoms with van der Waals surface area (Å²) >= 11 is 0. The number of rotatable bonds is 4.